The van der Waals surface area contributed by atoms with Crippen LogP contribution in [-0.4, -0.2) is 65.6 Å². The summed E-state index contributed by atoms with van der Waals surface area (Å²) < 4.78 is 29.0. The molecule has 0 amide bonds. The first-order valence-electron chi connectivity index (χ1n) is 9.93. The van der Waals surface area contributed by atoms with Gasteiger partial charge in [0.25, 0.3) is 0 Å². The summed E-state index contributed by atoms with van der Waals surface area (Å²) in [4.78, 5) is 6.68. The molecule has 0 spiro atoms. The Morgan fingerprint density at radius 1 is 1.03 bits per heavy atom. The normalized spacial score (nSPS) is 15.9. The van der Waals surface area contributed by atoms with Crippen LogP contribution in [-0.2, 0) is 16.6 Å². The Bertz CT molecular complexity index is 1100. The highest BCUT2D eigenvalue weighted by atomic mass is 32.2. The van der Waals surface area contributed by atoms with E-state index in [9.17, 15) is 8.42 Å². The Morgan fingerprint density at radius 2 is 1.80 bits per heavy atom. The van der Waals surface area contributed by atoms with Gasteiger partial charge >= 0.3 is 0 Å². The molecule has 4 rings (SSSR count). The summed E-state index contributed by atoms with van der Waals surface area (Å²) in [5, 5.41) is 7.76. The van der Waals surface area contributed by atoms with Crippen LogP contribution >= 0.6 is 0 Å². The number of sulfonamides is 1. The number of aromatic nitrogens is 3. The van der Waals surface area contributed by atoms with Crippen molar-refractivity contribution < 1.29 is 8.42 Å². The monoisotopic (exact) mass is 426 g/mol. The third-order valence-corrected chi connectivity index (χ3v) is 7.14. The fourth-order valence-electron chi connectivity index (χ4n) is 3.43. The number of benzene rings is 1. The van der Waals surface area contributed by atoms with Gasteiger partial charge in [0.05, 0.1) is 11.4 Å². The minimum atomic E-state index is -3.50. The minimum absolute atomic E-state index is 0.227. The quantitative estimate of drug-likeness (QED) is 0.650. The minimum Gasteiger partial charge on any atom is -0.366 e. The van der Waals surface area contributed by atoms with Crippen molar-refractivity contribution in [3.05, 3.63) is 66.1 Å². The molecule has 8 nitrogen and oxygen atoms in total. The van der Waals surface area contributed by atoms with Gasteiger partial charge in [-0.05, 0) is 43.8 Å². The molecule has 158 valence electrons. The Balaban J connectivity index is 1.45. The molecule has 1 aliphatic rings. The second kappa shape index (κ2) is 8.55. The molecule has 0 unspecified atom stereocenters. The van der Waals surface area contributed by atoms with E-state index >= 15 is 0 Å². The molecule has 3 aromatic rings. The second-order valence-electron chi connectivity index (χ2n) is 7.47. The fraction of sp³-hybridized carbons (Fsp3) is 0.333. The molecule has 2 aromatic heterocycles. The standard InChI is InChI=1S/C21H26N6O2S/c1-17-9-10-27(24-17)20-6-4-3-5-18(20)15-22-21-8-7-19(16-23-21)30(28,29)26-13-11-25(2)12-14-26/h3-10,16H,11-15H2,1-2H3,(H,22,23). The zero-order chi connectivity index (χ0) is 21.1. The van der Waals surface area contributed by atoms with Crippen molar-refractivity contribution in [1.82, 2.24) is 24.0 Å². The van der Waals surface area contributed by atoms with Gasteiger partial charge in [-0.25, -0.2) is 18.1 Å². The number of rotatable bonds is 6. The van der Waals surface area contributed by atoms with Crippen LogP contribution in [0.1, 0.15) is 11.3 Å². The number of hydrogen-bond acceptors (Lipinski definition) is 6. The van der Waals surface area contributed by atoms with Crippen LogP contribution in [0.15, 0.2) is 59.8 Å². The summed E-state index contributed by atoms with van der Waals surface area (Å²) in [6, 6.07) is 13.3. The molecule has 3 heterocycles. The van der Waals surface area contributed by atoms with E-state index in [0.717, 1.165) is 30.0 Å². The highest BCUT2D eigenvalue weighted by Gasteiger charge is 2.27. The van der Waals surface area contributed by atoms with E-state index in [0.29, 0.717) is 25.5 Å². The van der Waals surface area contributed by atoms with Crippen molar-refractivity contribution in [2.75, 3.05) is 38.5 Å². The molecule has 1 aromatic carbocycles. The summed E-state index contributed by atoms with van der Waals surface area (Å²) in [6.07, 6.45) is 3.36. The lowest BCUT2D eigenvalue weighted by atomic mass is 10.2. The van der Waals surface area contributed by atoms with Crippen LogP contribution in [0.25, 0.3) is 5.69 Å². The highest BCUT2D eigenvalue weighted by Crippen LogP contribution is 2.19. The molecular formula is C21H26N6O2S. The summed E-state index contributed by atoms with van der Waals surface area (Å²) >= 11 is 0. The summed E-state index contributed by atoms with van der Waals surface area (Å²) in [6.45, 7) is 4.99. The number of likely N-dealkylation sites (N-methyl/N-ethyl adjacent to an activating group) is 1. The molecule has 1 N–H and O–H groups in total. The van der Waals surface area contributed by atoms with E-state index in [1.54, 1.807) is 12.1 Å². The van der Waals surface area contributed by atoms with Crippen LogP contribution in [0.3, 0.4) is 0 Å². The summed E-state index contributed by atoms with van der Waals surface area (Å²) in [5.41, 5.74) is 3.01. The molecule has 1 saturated heterocycles. The zero-order valence-electron chi connectivity index (χ0n) is 17.2. The van der Waals surface area contributed by atoms with Crippen molar-refractivity contribution >= 4 is 15.8 Å². The van der Waals surface area contributed by atoms with E-state index in [4.69, 9.17) is 0 Å². The number of anilines is 1. The predicted octanol–water partition coefficient (Wildman–Crippen LogP) is 2.12. The lowest BCUT2D eigenvalue weighted by Crippen LogP contribution is -2.47. The van der Waals surface area contributed by atoms with Gasteiger partial charge in [-0.1, -0.05) is 18.2 Å². The highest BCUT2D eigenvalue weighted by molar-refractivity contribution is 7.89. The van der Waals surface area contributed by atoms with Crippen LogP contribution in [0.5, 0.6) is 0 Å². The lowest BCUT2D eigenvalue weighted by molar-refractivity contribution is 0.222. The largest absolute Gasteiger partial charge is 0.366 e. The Morgan fingerprint density at radius 3 is 2.47 bits per heavy atom. The molecular weight excluding hydrogens is 400 g/mol. The van der Waals surface area contributed by atoms with Gasteiger partial charge in [0.2, 0.25) is 10.0 Å². The van der Waals surface area contributed by atoms with E-state index in [1.165, 1.54) is 10.5 Å². The van der Waals surface area contributed by atoms with E-state index < -0.39 is 10.0 Å². The van der Waals surface area contributed by atoms with Crippen LogP contribution in [0.4, 0.5) is 5.82 Å². The fourth-order valence-corrected chi connectivity index (χ4v) is 4.80. The van der Waals surface area contributed by atoms with Gasteiger partial charge in [-0.15, -0.1) is 0 Å². The lowest BCUT2D eigenvalue weighted by Gasteiger charge is -2.31. The van der Waals surface area contributed by atoms with Gasteiger partial charge in [0.1, 0.15) is 10.7 Å². The maximum absolute atomic E-state index is 12.8. The van der Waals surface area contributed by atoms with Crippen LogP contribution in [0, 0.1) is 6.92 Å². The van der Waals surface area contributed by atoms with E-state index in [2.05, 4.69) is 20.3 Å². The first kappa shape index (κ1) is 20.5. The van der Waals surface area contributed by atoms with Crippen LogP contribution in [0.2, 0.25) is 0 Å². The topological polar surface area (TPSA) is 83.4 Å². The molecule has 0 radical (unpaired) electrons. The molecule has 1 aliphatic heterocycles. The molecule has 0 bridgehead atoms. The zero-order valence-corrected chi connectivity index (χ0v) is 18.0. The molecule has 30 heavy (non-hydrogen) atoms. The molecule has 0 saturated carbocycles. The average molecular weight is 427 g/mol. The summed E-state index contributed by atoms with van der Waals surface area (Å²) in [5.74, 6) is 0.624. The van der Waals surface area contributed by atoms with Gasteiger partial charge in [0.15, 0.2) is 0 Å². The van der Waals surface area contributed by atoms with Crippen LogP contribution < -0.4 is 5.32 Å². The number of aryl methyl sites for hydroxylation is 1. The van der Waals surface area contributed by atoms with Crippen molar-refractivity contribution in [3.8, 4) is 5.69 Å². The number of hydrogen-bond donors (Lipinski definition) is 1. The van der Waals surface area contributed by atoms with Crippen molar-refractivity contribution in [2.24, 2.45) is 0 Å². The molecule has 0 atom stereocenters. The Labute approximate surface area is 177 Å². The number of piperazine rings is 1. The maximum Gasteiger partial charge on any atom is 0.244 e. The van der Waals surface area contributed by atoms with E-state index in [1.807, 2.05) is 55.2 Å². The third-order valence-electron chi connectivity index (χ3n) is 5.26. The van der Waals surface area contributed by atoms with Crippen molar-refractivity contribution in [3.63, 3.8) is 0 Å². The smallest absolute Gasteiger partial charge is 0.244 e. The van der Waals surface area contributed by atoms with E-state index in [-0.39, 0.29) is 4.90 Å². The first-order valence-corrected chi connectivity index (χ1v) is 11.4. The second-order valence-corrected chi connectivity index (χ2v) is 9.41. The Kier molecular flexibility index (Phi) is 5.85. The number of nitrogens with zero attached hydrogens (tertiary/aromatic N) is 5. The van der Waals surface area contributed by atoms with Gasteiger partial charge in [0, 0.05) is 45.1 Å². The maximum atomic E-state index is 12.8. The number of para-hydroxylation sites is 1. The number of nitrogens with one attached hydrogen (secondary N) is 1. The molecule has 1 fully saturated rings. The SMILES string of the molecule is Cc1ccn(-c2ccccc2CNc2ccc(S(=O)(=O)N3CCN(C)CC3)cn2)n1. The first-order chi connectivity index (χ1) is 14.4. The average Bonchev–Trinajstić information content (AvgIpc) is 3.19. The summed E-state index contributed by atoms with van der Waals surface area (Å²) in [7, 11) is -1.51. The predicted molar refractivity (Wildman–Crippen MR) is 116 cm³/mol. The molecule has 0 aliphatic carbocycles. The number of pyridine rings is 1. The van der Waals surface area contributed by atoms with Gasteiger partial charge < -0.3 is 10.2 Å². The van der Waals surface area contributed by atoms with Gasteiger partial charge in [-0.3, -0.25) is 0 Å². The Hall–Kier alpha value is -2.75. The van der Waals surface area contributed by atoms with Crippen molar-refractivity contribution in [2.45, 2.75) is 18.4 Å². The third kappa shape index (κ3) is 4.38. The van der Waals surface area contributed by atoms with Gasteiger partial charge in [-0.2, -0.15) is 9.40 Å². The van der Waals surface area contributed by atoms with Crippen molar-refractivity contribution in [1.29, 1.82) is 0 Å². The molecule has 9 heteroatoms.